The van der Waals surface area contributed by atoms with E-state index in [4.69, 9.17) is 0 Å². The number of hydrogen-bond acceptors (Lipinski definition) is 2. The van der Waals surface area contributed by atoms with Crippen LogP contribution in [0, 0.1) is 34.5 Å². The molecule has 0 bridgehead atoms. The summed E-state index contributed by atoms with van der Waals surface area (Å²) in [5, 5.41) is 5.33. The van der Waals surface area contributed by atoms with Crippen molar-refractivity contribution in [3.63, 3.8) is 0 Å². The smallest absolute Gasteiger partial charge is 0.349 e. The van der Waals surface area contributed by atoms with Crippen molar-refractivity contribution >= 4 is 29.9 Å². The second-order valence-corrected chi connectivity index (χ2v) is 11.6. The highest BCUT2D eigenvalue weighted by Crippen LogP contribution is 2.65. The third-order valence-electron chi connectivity index (χ3n) is 9.91. The fourth-order valence-corrected chi connectivity index (χ4v) is 8.06. The maximum Gasteiger partial charge on any atom is 0.418 e. The van der Waals surface area contributed by atoms with Crippen molar-refractivity contribution in [1.29, 1.82) is 0 Å². The van der Waals surface area contributed by atoms with Crippen LogP contribution in [-0.2, 0) is 21.9 Å². The Morgan fingerprint density at radius 3 is 2.34 bits per heavy atom. The first kappa shape index (κ1) is 28.8. The standard InChI is InChI=1S/C27H30F6N2O2.ClH/c1-24-11-9-17-15(4-8-21-25(17,2)12-10-22(36)35-21)16(24)6-7-19(24)23(37)34-20-13-14(26(28,29)30)3-5-18(20)27(31,32)33;/h3,5,10,12-13,15-17,19,21H,4,6-9,11H2,1-2H3,(H,34,37)(H,35,36);1H/t15-,16-,17-,19+,21+,24-,25+;/m0./s1. The van der Waals surface area contributed by atoms with Gasteiger partial charge < -0.3 is 10.6 Å². The van der Waals surface area contributed by atoms with Gasteiger partial charge in [-0.3, -0.25) is 9.59 Å². The van der Waals surface area contributed by atoms with Crippen molar-refractivity contribution < 1.29 is 35.9 Å². The number of alkyl halides is 6. The lowest BCUT2D eigenvalue weighted by molar-refractivity contribution is -0.141. The molecule has 3 aliphatic carbocycles. The van der Waals surface area contributed by atoms with Gasteiger partial charge in [-0.1, -0.05) is 19.9 Å². The first-order valence-electron chi connectivity index (χ1n) is 12.7. The van der Waals surface area contributed by atoms with Crippen LogP contribution in [0.4, 0.5) is 32.0 Å². The molecule has 4 aliphatic rings. The molecule has 0 aromatic heterocycles. The van der Waals surface area contributed by atoms with Gasteiger partial charge in [-0.05, 0) is 86.0 Å². The first-order valence-corrected chi connectivity index (χ1v) is 12.7. The summed E-state index contributed by atoms with van der Waals surface area (Å²) in [5.74, 6) is -0.555. The van der Waals surface area contributed by atoms with E-state index in [-0.39, 0.29) is 35.7 Å². The summed E-state index contributed by atoms with van der Waals surface area (Å²) in [4.78, 5) is 25.3. The summed E-state index contributed by atoms with van der Waals surface area (Å²) < 4.78 is 80.4. The molecule has 2 N–H and O–H groups in total. The van der Waals surface area contributed by atoms with E-state index < -0.39 is 46.4 Å². The van der Waals surface area contributed by atoms with Crippen molar-refractivity contribution in [2.24, 2.45) is 34.5 Å². The highest BCUT2D eigenvalue weighted by atomic mass is 35.5. The molecular formula is C27H31ClF6N2O2. The van der Waals surface area contributed by atoms with Gasteiger partial charge in [0.25, 0.3) is 0 Å². The van der Waals surface area contributed by atoms with Gasteiger partial charge in [0.15, 0.2) is 0 Å². The number of rotatable bonds is 2. The minimum Gasteiger partial charge on any atom is -0.349 e. The summed E-state index contributed by atoms with van der Waals surface area (Å²) in [7, 11) is 0. The van der Waals surface area contributed by atoms with Crippen molar-refractivity contribution in [1.82, 2.24) is 5.32 Å². The SMILES string of the molecule is C[C@]12C=CC(=O)N[C@@H]1CC[C@@H]1[C@@H]2CC[C@]2(C)[C@@H](C(=O)Nc3cc(C(F)(F)F)ccc3C(F)(F)F)CC[C@@H]12.Cl. The van der Waals surface area contributed by atoms with Crippen LogP contribution in [0.2, 0.25) is 0 Å². The zero-order valence-electron chi connectivity index (χ0n) is 21.0. The molecule has 4 nitrogen and oxygen atoms in total. The Hall–Kier alpha value is -2.23. The Balaban J connectivity index is 0.00000336. The lowest BCUT2D eigenvalue weighted by Gasteiger charge is -2.58. The maximum absolute atomic E-state index is 13.6. The number of fused-ring (bicyclic) bond motifs is 5. The second kappa shape index (κ2) is 9.45. The molecule has 0 unspecified atom stereocenters. The Bertz CT molecular complexity index is 1150. The third kappa shape index (κ3) is 4.60. The Morgan fingerprint density at radius 2 is 1.68 bits per heavy atom. The van der Waals surface area contributed by atoms with Gasteiger partial charge in [-0.15, -0.1) is 12.4 Å². The van der Waals surface area contributed by atoms with Crippen LogP contribution in [-0.4, -0.2) is 17.9 Å². The Morgan fingerprint density at radius 1 is 0.974 bits per heavy atom. The molecule has 1 aliphatic heterocycles. The zero-order valence-corrected chi connectivity index (χ0v) is 21.8. The van der Waals surface area contributed by atoms with Gasteiger partial charge in [-0.2, -0.15) is 26.3 Å². The van der Waals surface area contributed by atoms with E-state index in [1.54, 1.807) is 6.08 Å². The molecule has 0 spiro atoms. The van der Waals surface area contributed by atoms with E-state index in [2.05, 4.69) is 17.6 Å². The highest BCUT2D eigenvalue weighted by molar-refractivity contribution is 5.94. The summed E-state index contributed by atoms with van der Waals surface area (Å²) in [6.07, 6.45) is -1.73. The molecule has 5 rings (SSSR count). The third-order valence-corrected chi connectivity index (χ3v) is 9.91. The molecule has 38 heavy (non-hydrogen) atoms. The molecular weight excluding hydrogens is 534 g/mol. The molecule has 0 radical (unpaired) electrons. The van der Waals surface area contributed by atoms with Gasteiger partial charge >= 0.3 is 12.4 Å². The summed E-state index contributed by atoms with van der Waals surface area (Å²) in [6.45, 7) is 4.17. The van der Waals surface area contributed by atoms with E-state index in [1.165, 1.54) is 0 Å². The minimum atomic E-state index is -4.91. The van der Waals surface area contributed by atoms with Crippen molar-refractivity contribution in [2.75, 3.05) is 5.32 Å². The van der Waals surface area contributed by atoms with E-state index in [9.17, 15) is 35.9 Å². The summed E-state index contributed by atoms with van der Waals surface area (Å²) in [6, 6.07) is 1.18. The van der Waals surface area contributed by atoms with Crippen LogP contribution in [0.1, 0.15) is 63.5 Å². The predicted molar refractivity (Wildman–Crippen MR) is 131 cm³/mol. The second-order valence-electron chi connectivity index (χ2n) is 11.6. The number of hydrogen-bond donors (Lipinski definition) is 2. The maximum atomic E-state index is 13.6. The number of amides is 2. The summed E-state index contributed by atoms with van der Waals surface area (Å²) >= 11 is 0. The van der Waals surface area contributed by atoms with Crippen LogP contribution in [0.5, 0.6) is 0 Å². The molecule has 1 aromatic rings. The molecule has 1 heterocycles. The molecule has 2 amide bonds. The minimum absolute atomic E-state index is 0. The largest absolute Gasteiger partial charge is 0.418 e. The van der Waals surface area contributed by atoms with E-state index in [1.807, 2.05) is 13.0 Å². The average Bonchev–Trinajstić information content (AvgIpc) is 3.15. The van der Waals surface area contributed by atoms with Gasteiger partial charge in [0.05, 0.1) is 16.8 Å². The van der Waals surface area contributed by atoms with Gasteiger partial charge in [0.1, 0.15) is 0 Å². The molecule has 3 fully saturated rings. The summed E-state index contributed by atoms with van der Waals surface area (Å²) in [5.41, 5.74) is -4.06. The molecule has 0 saturated heterocycles. The highest BCUT2D eigenvalue weighted by Gasteiger charge is 2.61. The molecule has 11 heteroatoms. The number of anilines is 1. The van der Waals surface area contributed by atoms with Gasteiger partial charge in [0.2, 0.25) is 11.8 Å². The average molecular weight is 565 g/mol. The Labute approximate surface area is 223 Å². The lowest BCUT2D eigenvalue weighted by Crippen LogP contribution is -2.59. The number of benzene rings is 1. The van der Waals surface area contributed by atoms with Gasteiger partial charge in [-0.25, -0.2) is 0 Å². The van der Waals surface area contributed by atoms with Crippen LogP contribution in [0.25, 0.3) is 0 Å². The van der Waals surface area contributed by atoms with Crippen molar-refractivity contribution in [3.8, 4) is 0 Å². The monoisotopic (exact) mass is 564 g/mol. The number of carbonyl (C=O) groups is 2. The zero-order chi connectivity index (χ0) is 27.0. The van der Waals surface area contributed by atoms with E-state index in [0.29, 0.717) is 42.9 Å². The molecule has 7 atom stereocenters. The van der Waals surface area contributed by atoms with Crippen LogP contribution >= 0.6 is 12.4 Å². The molecule has 210 valence electrons. The predicted octanol–water partition coefficient (Wildman–Crippen LogP) is 7.00. The Kier molecular flexibility index (Phi) is 7.16. The van der Waals surface area contributed by atoms with E-state index in [0.717, 1.165) is 25.7 Å². The molecule has 1 aromatic carbocycles. The number of nitrogens with one attached hydrogen (secondary N) is 2. The van der Waals surface area contributed by atoms with Crippen LogP contribution in [0.15, 0.2) is 30.4 Å². The van der Waals surface area contributed by atoms with Crippen molar-refractivity contribution in [3.05, 3.63) is 41.5 Å². The lowest BCUT2D eigenvalue weighted by atomic mass is 9.48. The fourth-order valence-electron chi connectivity index (χ4n) is 8.06. The normalized spacial score (nSPS) is 36.3. The number of carbonyl (C=O) groups excluding carboxylic acids is 2. The fraction of sp³-hybridized carbons (Fsp3) is 0.630. The number of halogens is 7. The van der Waals surface area contributed by atoms with Crippen molar-refractivity contribution in [2.45, 2.75) is 70.8 Å². The molecule has 3 saturated carbocycles. The van der Waals surface area contributed by atoms with E-state index >= 15 is 0 Å². The van der Waals surface area contributed by atoms with Crippen LogP contribution < -0.4 is 10.6 Å². The van der Waals surface area contributed by atoms with Crippen LogP contribution in [0.3, 0.4) is 0 Å². The topological polar surface area (TPSA) is 58.2 Å². The quantitative estimate of drug-likeness (QED) is 0.380. The first-order chi connectivity index (χ1) is 17.1. The van der Waals surface area contributed by atoms with Gasteiger partial charge in [0, 0.05) is 17.4 Å².